The topological polar surface area (TPSA) is 247 Å². The van der Waals surface area contributed by atoms with Crippen LogP contribution in [0.15, 0.2) is 72.8 Å². The van der Waals surface area contributed by atoms with Crippen LogP contribution in [0.2, 0.25) is 0 Å². The van der Waals surface area contributed by atoms with E-state index in [1.165, 1.54) is 101 Å². The van der Waals surface area contributed by atoms with Crippen LogP contribution in [0.1, 0.15) is 52.8 Å². The molecular weight excluding hydrogens is 786 g/mol. The van der Waals surface area contributed by atoms with Gasteiger partial charge in [0.1, 0.15) is 5.75 Å². The minimum absolute atomic E-state index is 0. The van der Waals surface area contributed by atoms with Crippen LogP contribution in [0.4, 0.5) is 0 Å². The number of carbonyl (C=O) groups is 4. The number of hydrogen-bond acceptors (Lipinski definition) is 13. The van der Waals surface area contributed by atoms with Crippen molar-refractivity contribution in [2.75, 3.05) is 35.3 Å². The maximum atomic E-state index is 14.0. The van der Waals surface area contributed by atoms with Crippen LogP contribution in [-0.4, -0.2) is 83.2 Å². The van der Waals surface area contributed by atoms with Gasteiger partial charge in [0.05, 0.1) is 31.5 Å². The monoisotopic (exact) mass is 819 g/mol. The Kier molecular flexibility index (Phi) is 17.7. The standard InChI is InChI=1S/C33H35N3O15P2.2Na/c1-34(2)30(37)26-28(50-32(39)22-10-6-20(7-11-22)18-48-52(41,42)43)29(51-33(40)23-12-8-21(9-13-23)19-49-53(44,45)46)27(31(38)35(3)4)36(26)24-14-16-25(47-5)17-15-24;;/h6-17H,18-19H2,1-5H3,(H2,41,42,43)(H2,44,45,46);;/q;2*+1/p-2. The Bertz CT molecular complexity index is 1970. The fourth-order valence-corrected chi connectivity index (χ4v) is 5.23. The zero-order valence-electron chi connectivity index (χ0n) is 30.8. The molecule has 0 spiro atoms. The van der Waals surface area contributed by atoms with E-state index >= 15 is 0 Å². The van der Waals surface area contributed by atoms with Gasteiger partial charge >= 0.3 is 71.1 Å². The zero-order chi connectivity index (χ0) is 39.2. The second-order valence-corrected chi connectivity index (χ2v) is 13.8. The summed E-state index contributed by atoms with van der Waals surface area (Å²) < 4.78 is 48.7. The first-order valence-corrected chi connectivity index (χ1v) is 18.1. The van der Waals surface area contributed by atoms with Gasteiger partial charge in [-0.2, -0.15) is 0 Å². The molecule has 0 aliphatic rings. The molecule has 1 aromatic heterocycles. The molecule has 55 heavy (non-hydrogen) atoms. The summed E-state index contributed by atoms with van der Waals surface area (Å²) in [4.78, 5) is 97.3. The number of phosphoric ester groups is 2. The molecule has 22 heteroatoms. The van der Waals surface area contributed by atoms with Crippen molar-refractivity contribution in [2.24, 2.45) is 0 Å². The number of nitrogens with zero attached hydrogens (tertiary/aromatic N) is 3. The third-order valence-electron chi connectivity index (χ3n) is 7.19. The van der Waals surface area contributed by atoms with Gasteiger partial charge in [-0.3, -0.25) is 23.3 Å². The van der Waals surface area contributed by atoms with Crippen LogP contribution in [-0.2, 0) is 31.4 Å². The Balaban J connectivity index is 0.00000523. The molecular formula is C33H33N3Na2O15P2. The van der Waals surface area contributed by atoms with Crippen LogP contribution in [0.3, 0.4) is 0 Å². The molecule has 0 bridgehead atoms. The van der Waals surface area contributed by atoms with Crippen LogP contribution >= 0.6 is 15.6 Å². The quantitative estimate of drug-likeness (QED) is 0.0706. The summed E-state index contributed by atoms with van der Waals surface area (Å²) in [6, 6.07) is 16.3. The molecule has 0 aliphatic carbocycles. The van der Waals surface area contributed by atoms with Crippen molar-refractivity contribution in [1.82, 2.24) is 14.4 Å². The van der Waals surface area contributed by atoms with E-state index < -0.39 is 64.1 Å². The van der Waals surface area contributed by atoms with Crippen LogP contribution in [0.5, 0.6) is 17.2 Å². The molecule has 0 radical (unpaired) electrons. The fraction of sp³-hybridized carbons (Fsp3) is 0.212. The molecule has 3 aromatic carbocycles. The Hall–Kier alpha value is -3.16. The van der Waals surface area contributed by atoms with Crippen molar-refractivity contribution in [2.45, 2.75) is 13.2 Å². The molecule has 4 aromatic rings. The molecule has 4 rings (SSSR count). The first-order chi connectivity index (χ1) is 24.8. The second kappa shape index (κ2) is 20.3. The number of aromatic nitrogens is 1. The number of esters is 2. The largest absolute Gasteiger partial charge is 1.00 e. The first-order valence-electron chi connectivity index (χ1n) is 15.1. The molecule has 18 nitrogen and oxygen atoms in total. The first kappa shape index (κ1) is 48.0. The van der Waals surface area contributed by atoms with Crippen molar-refractivity contribution >= 4 is 39.4 Å². The molecule has 0 saturated heterocycles. The van der Waals surface area contributed by atoms with Crippen molar-refractivity contribution in [3.8, 4) is 22.9 Å². The third kappa shape index (κ3) is 12.9. The van der Waals surface area contributed by atoms with Crippen LogP contribution in [0, 0.1) is 0 Å². The average molecular weight is 820 g/mol. The van der Waals surface area contributed by atoms with Gasteiger partial charge in [0, 0.05) is 33.9 Å². The van der Waals surface area contributed by atoms with E-state index in [1.54, 1.807) is 12.1 Å². The minimum atomic E-state index is -5.03. The van der Waals surface area contributed by atoms with Crippen LogP contribution in [0.25, 0.3) is 5.69 Å². The van der Waals surface area contributed by atoms with Crippen molar-refractivity contribution < 1.29 is 130 Å². The SMILES string of the molecule is COc1ccc(-n2c(C(=O)N(C)C)c(OC(=O)c3ccc(COP(=O)([O-])O)cc3)c(OC(=O)c3ccc(COP(=O)([O-])O)cc3)c2C(=O)N(C)C)cc1.[Na+].[Na+]. The summed E-state index contributed by atoms with van der Waals surface area (Å²) in [5, 5.41) is 0. The molecule has 2 amide bonds. The van der Waals surface area contributed by atoms with Crippen molar-refractivity contribution in [1.29, 1.82) is 0 Å². The minimum Gasteiger partial charge on any atom is -0.756 e. The number of phosphoric acid groups is 2. The normalized spacial score (nSPS) is 12.8. The van der Waals surface area contributed by atoms with E-state index in [4.69, 9.17) is 24.0 Å². The maximum absolute atomic E-state index is 14.0. The number of rotatable bonds is 14. The van der Waals surface area contributed by atoms with Gasteiger partial charge in [-0.1, -0.05) is 24.3 Å². The molecule has 2 unspecified atom stereocenters. The van der Waals surface area contributed by atoms with E-state index in [0.717, 1.165) is 9.80 Å². The summed E-state index contributed by atoms with van der Waals surface area (Å²) in [5.41, 5.74) is -0.309. The Morgan fingerprint density at radius 2 is 0.982 bits per heavy atom. The van der Waals surface area contributed by atoms with Crippen molar-refractivity contribution in [3.63, 3.8) is 0 Å². The van der Waals surface area contributed by atoms with Crippen LogP contribution < -0.4 is 83.1 Å². The third-order valence-corrected chi connectivity index (χ3v) is 8.10. The van der Waals surface area contributed by atoms with Crippen molar-refractivity contribution in [3.05, 3.63) is 106 Å². The average Bonchev–Trinajstić information content (AvgIpc) is 3.41. The van der Waals surface area contributed by atoms with E-state index in [9.17, 15) is 38.1 Å². The van der Waals surface area contributed by atoms with Gasteiger partial charge in [0.25, 0.3) is 27.5 Å². The zero-order valence-corrected chi connectivity index (χ0v) is 36.6. The number of carbonyl (C=O) groups excluding carboxylic acids is 4. The van der Waals surface area contributed by atoms with Gasteiger partial charge in [0.15, 0.2) is 11.4 Å². The summed E-state index contributed by atoms with van der Waals surface area (Å²) in [6.07, 6.45) is 0. The number of ether oxygens (including phenoxy) is 3. The van der Waals surface area contributed by atoms with Gasteiger partial charge in [-0.25, -0.2) is 9.59 Å². The number of methoxy groups -OCH3 is 1. The molecule has 0 saturated carbocycles. The summed E-state index contributed by atoms with van der Waals surface area (Å²) >= 11 is 0. The van der Waals surface area contributed by atoms with Gasteiger partial charge in [-0.05, 0) is 59.7 Å². The van der Waals surface area contributed by atoms with E-state index in [0.29, 0.717) is 5.75 Å². The van der Waals surface area contributed by atoms with Gasteiger partial charge in [0.2, 0.25) is 11.5 Å². The molecule has 2 atom stereocenters. The second-order valence-electron chi connectivity index (χ2n) is 11.4. The Morgan fingerprint density at radius 1 is 0.636 bits per heavy atom. The van der Waals surface area contributed by atoms with E-state index in [2.05, 4.69) is 9.05 Å². The summed E-state index contributed by atoms with van der Waals surface area (Å²) in [6.45, 7) is -1.08. The number of amides is 2. The van der Waals surface area contributed by atoms with E-state index in [-0.39, 0.29) is 98.4 Å². The fourth-order valence-electron chi connectivity index (χ4n) is 4.61. The number of hydrogen-bond donors (Lipinski definition) is 2. The Morgan fingerprint density at radius 3 is 1.27 bits per heavy atom. The molecule has 1 heterocycles. The predicted octanol–water partition coefficient (Wildman–Crippen LogP) is -3.71. The smallest absolute Gasteiger partial charge is 0.756 e. The molecule has 0 aliphatic heterocycles. The van der Waals surface area contributed by atoms with E-state index in [1.807, 2.05) is 0 Å². The summed E-state index contributed by atoms with van der Waals surface area (Å²) in [7, 11) is -3.01. The number of benzene rings is 3. The molecule has 0 fully saturated rings. The summed E-state index contributed by atoms with van der Waals surface area (Å²) in [5.74, 6) is -4.51. The Labute approximate surface area is 359 Å². The molecule has 282 valence electrons. The van der Waals surface area contributed by atoms with Gasteiger partial charge < -0.3 is 52.6 Å². The van der Waals surface area contributed by atoms with Gasteiger partial charge in [-0.15, -0.1) is 0 Å². The molecule has 2 N–H and O–H groups in total. The predicted molar refractivity (Wildman–Crippen MR) is 180 cm³/mol. The maximum Gasteiger partial charge on any atom is 1.00 e.